The first-order valence-electron chi connectivity index (χ1n) is 4.44. The smallest absolute Gasteiger partial charge is 0.0574 e. The Balaban J connectivity index is 2.89. The zero-order valence-electron chi connectivity index (χ0n) is 8.24. The molecule has 0 amide bonds. The Morgan fingerprint density at radius 1 is 1.43 bits per heavy atom. The van der Waals surface area contributed by atoms with Crippen LogP contribution in [0.15, 0.2) is 33.6 Å². The minimum Gasteiger partial charge on any atom is -0.327 e. The number of benzene rings is 1. The van der Waals surface area contributed by atoms with Crippen LogP contribution in [0.1, 0.15) is 13.8 Å². The third-order valence-electron chi connectivity index (χ3n) is 2.11. The van der Waals surface area contributed by atoms with Crippen LogP contribution in [0.5, 0.6) is 0 Å². The van der Waals surface area contributed by atoms with Gasteiger partial charge in [0.25, 0.3) is 0 Å². The topological polar surface area (TPSA) is 43.1 Å². The lowest BCUT2D eigenvalue weighted by atomic mass is 10.3. The molecule has 1 rings (SSSR count). The quantitative estimate of drug-likeness (QED) is 0.920. The van der Waals surface area contributed by atoms with E-state index < -0.39 is 10.8 Å². The fourth-order valence-electron chi connectivity index (χ4n) is 1.00. The van der Waals surface area contributed by atoms with E-state index in [1.807, 2.05) is 38.1 Å². The highest BCUT2D eigenvalue weighted by atomic mass is 79.9. The Hall–Kier alpha value is -0.190. The van der Waals surface area contributed by atoms with Crippen LogP contribution in [-0.2, 0) is 10.8 Å². The van der Waals surface area contributed by atoms with Crippen molar-refractivity contribution in [2.75, 3.05) is 0 Å². The molecule has 14 heavy (non-hydrogen) atoms. The summed E-state index contributed by atoms with van der Waals surface area (Å²) in [6.07, 6.45) is 0. The lowest BCUT2D eigenvalue weighted by Gasteiger charge is -2.15. The van der Waals surface area contributed by atoms with Gasteiger partial charge < -0.3 is 5.73 Å². The van der Waals surface area contributed by atoms with Crippen molar-refractivity contribution in [3.05, 3.63) is 28.7 Å². The predicted octanol–water partition coefficient (Wildman–Crippen LogP) is 2.29. The minimum absolute atomic E-state index is 0.0238. The summed E-state index contributed by atoms with van der Waals surface area (Å²) in [6.45, 7) is 3.78. The van der Waals surface area contributed by atoms with E-state index in [1.165, 1.54) is 0 Å². The third-order valence-corrected chi connectivity index (χ3v) is 4.42. The average Bonchev–Trinajstić information content (AvgIpc) is 2.15. The van der Waals surface area contributed by atoms with Gasteiger partial charge in [-0.1, -0.05) is 22.0 Å². The van der Waals surface area contributed by atoms with Crippen LogP contribution in [0.2, 0.25) is 0 Å². The third kappa shape index (κ3) is 2.90. The van der Waals surface area contributed by atoms with Gasteiger partial charge in [0.15, 0.2) is 0 Å². The van der Waals surface area contributed by atoms with Gasteiger partial charge in [-0.15, -0.1) is 0 Å². The van der Waals surface area contributed by atoms with Crippen molar-refractivity contribution in [2.24, 2.45) is 5.73 Å². The molecule has 2 nitrogen and oxygen atoms in total. The summed E-state index contributed by atoms with van der Waals surface area (Å²) < 4.78 is 12.9. The second-order valence-electron chi connectivity index (χ2n) is 3.32. The Kier molecular flexibility index (Phi) is 4.29. The van der Waals surface area contributed by atoms with E-state index >= 15 is 0 Å². The monoisotopic (exact) mass is 275 g/mol. The molecule has 0 fully saturated rings. The number of nitrogens with two attached hydrogens (primary N) is 1. The first-order valence-corrected chi connectivity index (χ1v) is 6.44. The van der Waals surface area contributed by atoms with Crippen LogP contribution < -0.4 is 5.73 Å². The molecular weight excluding hydrogens is 262 g/mol. The maximum absolute atomic E-state index is 11.9. The summed E-state index contributed by atoms with van der Waals surface area (Å²) in [6, 6.07) is 7.46. The van der Waals surface area contributed by atoms with E-state index in [1.54, 1.807) is 0 Å². The van der Waals surface area contributed by atoms with E-state index in [0.717, 1.165) is 9.37 Å². The molecule has 0 aliphatic heterocycles. The molecule has 3 atom stereocenters. The summed E-state index contributed by atoms with van der Waals surface area (Å²) in [5, 5.41) is -0.0238. The summed E-state index contributed by atoms with van der Waals surface area (Å²) in [5.74, 6) is 0. The molecule has 0 radical (unpaired) electrons. The maximum Gasteiger partial charge on any atom is 0.0574 e. The van der Waals surface area contributed by atoms with Gasteiger partial charge in [0, 0.05) is 15.4 Å². The highest BCUT2D eigenvalue weighted by Gasteiger charge is 2.17. The summed E-state index contributed by atoms with van der Waals surface area (Å²) >= 11 is 3.35. The molecule has 78 valence electrons. The van der Waals surface area contributed by atoms with Gasteiger partial charge in [-0.05, 0) is 32.0 Å². The van der Waals surface area contributed by atoms with Gasteiger partial charge in [-0.25, -0.2) is 0 Å². The molecular formula is C10H14BrNOS. The molecule has 1 aromatic carbocycles. The van der Waals surface area contributed by atoms with Crippen LogP contribution >= 0.6 is 15.9 Å². The molecule has 2 N–H and O–H groups in total. The minimum atomic E-state index is -1.02. The maximum atomic E-state index is 11.9. The van der Waals surface area contributed by atoms with Gasteiger partial charge in [0.2, 0.25) is 0 Å². The molecule has 0 saturated heterocycles. The number of hydrogen-bond acceptors (Lipinski definition) is 2. The van der Waals surface area contributed by atoms with Crippen LogP contribution in [-0.4, -0.2) is 15.5 Å². The highest BCUT2D eigenvalue weighted by Crippen LogP contribution is 2.17. The Bertz CT molecular complexity index is 341. The molecule has 3 unspecified atom stereocenters. The SMILES string of the molecule is CC(N)C(C)S(=O)c1cccc(Br)c1. The fraction of sp³-hybridized carbons (Fsp3) is 0.400. The summed E-state index contributed by atoms with van der Waals surface area (Å²) in [7, 11) is -1.02. The molecule has 4 heteroatoms. The van der Waals surface area contributed by atoms with Crippen LogP contribution in [0.4, 0.5) is 0 Å². The molecule has 0 heterocycles. The number of rotatable bonds is 3. The molecule has 0 aromatic heterocycles. The van der Waals surface area contributed by atoms with Gasteiger partial charge in [-0.3, -0.25) is 4.21 Å². The Morgan fingerprint density at radius 3 is 2.57 bits per heavy atom. The van der Waals surface area contributed by atoms with Gasteiger partial charge in [0.05, 0.1) is 16.0 Å². The van der Waals surface area contributed by atoms with Crippen LogP contribution in [0, 0.1) is 0 Å². The predicted molar refractivity (Wildman–Crippen MR) is 63.7 cm³/mol. The van der Waals surface area contributed by atoms with Crippen molar-refractivity contribution in [3.63, 3.8) is 0 Å². The van der Waals surface area contributed by atoms with Crippen molar-refractivity contribution < 1.29 is 4.21 Å². The van der Waals surface area contributed by atoms with Crippen LogP contribution in [0.3, 0.4) is 0 Å². The zero-order valence-corrected chi connectivity index (χ0v) is 10.6. The first kappa shape index (κ1) is 11.9. The van der Waals surface area contributed by atoms with Gasteiger partial charge >= 0.3 is 0 Å². The number of halogens is 1. The van der Waals surface area contributed by atoms with Crippen molar-refractivity contribution >= 4 is 26.7 Å². The van der Waals surface area contributed by atoms with Crippen molar-refractivity contribution in [1.82, 2.24) is 0 Å². The largest absolute Gasteiger partial charge is 0.327 e. The number of hydrogen-bond donors (Lipinski definition) is 1. The lowest BCUT2D eigenvalue weighted by Crippen LogP contribution is -2.32. The second-order valence-corrected chi connectivity index (χ2v) is 6.04. The Labute approximate surface area is 95.5 Å². The van der Waals surface area contributed by atoms with Crippen LogP contribution in [0.25, 0.3) is 0 Å². The fourth-order valence-corrected chi connectivity index (χ4v) is 2.83. The van der Waals surface area contributed by atoms with E-state index in [9.17, 15) is 4.21 Å². The normalized spacial score (nSPS) is 17.4. The van der Waals surface area contributed by atoms with Crippen molar-refractivity contribution in [2.45, 2.75) is 30.0 Å². The van der Waals surface area contributed by atoms with Crippen molar-refractivity contribution in [1.29, 1.82) is 0 Å². The first-order chi connectivity index (χ1) is 6.52. The molecule has 0 saturated carbocycles. The van der Waals surface area contributed by atoms with E-state index in [0.29, 0.717) is 0 Å². The second kappa shape index (κ2) is 5.05. The van der Waals surface area contributed by atoms with Gasteiger partial charge in [-0.2, -0.15) is 0 Å². The molecule has 0 bridgehead atoms. The standard InChI is InChI=1S/C10H14BrNOS/c1-7(12)8(2)14(13)10-5-3-4-9(11)6-10/h3-8H,12H2,1-2H3. The Morgan fingerprint density at radius 2 is 2.07 bits per heavy atom. The van der Waals surface area contributed by atoms with Crippen molar-refractivity contribution in [3.8, 4) is 0 Å². The molecule has 0 aliphatic carbocycles. The molecule has 1 aromatic rings. The lowest BCUT2D eigenvalue weighted by molar-refractivity contribution is 0.649. The summed E-state index contributed by atoms with van der Waals surface area (Å²) in [5.41, 5.74) is 5.71. The van der Waals surface area contributed by atoms with E-state index in [-0.39, 0.29) is 11.3 Å². The average molecular weight is 276 g/mol. The molecule has 0 spiro atoms. The van der Waals surface area contributed by atoms with E-state index in [2.05, 4.69) is 15.9 Å². The van der Waals surface area contributed by atoms with E-state index in [4.69, 9.17) is 5.73 Å². The van der Waals surface area contributed by atoms with Gasteiger partial charge in [0.1, 0.15) is 0 Å². The summed E-state index contributed by atoms with van der Waals surface area (Å²) in [4.78, 5) is 0.823. The highest BCUT2D eigenvalue weighted by molar-refractivity contribution is 9.10. The zero-order chi connectivity index (χ0) is 10.7. The molecule has 0 aliphatic rings.